The van der Waals surface area contributed by atoms with Gasteiger partial charge in [0.1, 0.15) is 5.84 Å². The van der Waals surface area contributed by atoms with Crippen LogP contribution in [0.4, 0.5) is 0 Å². The summed E-state index contributed by atoms with van der Waals surface area (Å²) in [5.41, 5.74) is 11.8. The topological polar surface area (TPSA) is 50.7 Å². The Morgan fingerprint density at radius 2 is 1.71 bits per heavy atom. The van der Waals surface area contributed by atoms with E-state index in [0.29, 0.717) is 11.8 Å². The molecule has 0 saturated carbocycles. The summed E-state index contributed by atoms with van der Waals surface area (Å²) in [7, 11) is 0. The SMILES string of the molecule is Cc1cc(C)c(C2=NN=C(N)CC2C)c(C)c1. The van der Waals surface area contributed by atoms with Gasteiger partial charge < -0.3 is 5.73 Å². The molecule has 1 aliphatic rings. The maximum Gasteiger partial charge on any atom is 0.123 e. The Hall–Kier alpha value is -1.64. The molecule has 2 rings (SSSR count). The highest BCUT2D eigenvalue weighted by molar-refractivity contribution is 6.07. The number of benzene rings is 1. The van der Waals surface area contributed by atoms with Crippen molar-refractivity contribution in [1.29, 1.82) is 0 Å². The number of nitrogens with zero attached hydrogens (tertiary/aromatic N) is 2. The zero-order chi connectivity index (χ0) is 12.6. The summed E-state index contributed by atoms with van der Waals surface area (Å²) in [5.74, 6) is 0.969. The minimum absolute atomic E-state index is 0.340. The third kappa shape index (κ3) is 2.23. The number of hydrogen-bond acceptors (Lipinski definition) is 3. The Morgan fingerprint density at radius 1 is 1.12 bits per heavy atom. The summed E-state index contributed by atoms with van der Waals surface area (Å²) < 4.78 is 0. The van der Waals surface area contributed by atoms with Crippen LogP contribution < -0.4 is 5.73 Å². The second-order valence-electron chi connectivity index (χ2n) is 4.96. The van der Waals surface area contributed by atoms with Crippen LogP contribution in [0.5, 0.6) is 0 Å². The molecular formula is C14H19N3. The van der Waals surface area contributed by atoms with Crippen LogP contribution >= 0.6 is 0 Å². The van der Waals surface area contributed by atoms with Gasteiger partial charge in [0.2, 0.25) is 0 Å². The van der Waals surface area contributed by atoms with E-state index in [2.05, 4.69) is 50.0 Å². The van der Waals surface area contributed by atoms with Crippen LogP contribution in [-0.4, -0.2) is 11.5 Å². The van der Waals surface area contributed by atoms with Gasteiger partial charge in [0.25, 0.3) is 0 Å². The number of nitrogens with two attached hydrogens (primary N) is 1. The Balaban J connectivity index is 2.55. The molecule has 1 heterocycles. The predicted octanol–water partition coefficient (Wildman–Crippen LogP) is 2.71. The number of hydrogen-bond donors (Lipinski definition) is 1. The molecule has 0 saturated heterocycles. The van der Waals surface area contributed by atoms with Gasteiger partial charge in [0, 0.05) is 17.9 Å². The molecule has 3 heteroatoms. The summed E-state index contributed by atoms with van der Waals surface area (Å²) >= 11 is 0. The van der Waals surface area contributed by atoms with Crippen molar-refractivity contribution >= 4 is 11.5 Å². The predicted molar refractivity (Wildman–Crippen MR) is 72.6 cm³/mol. The normalized spacial score (nSPS) is 19.9. The molecule has 0 radical (unpaired) electrons. The van der Waals surface area contributed by atoms with Crippen LogP contribution in [0.15, 0.2) is 22.3 Å². The summed E-state index contributed by atoms with van der Waals surface area (Å²) in [6, 6.07) is 4.39. The van der Waals surface area contributed by atoms with Gasteiger partial charge in [-0.25, -0.2) is 0 Å². The highest BCUT2D eigenvalue weighted by Gasteiger charge is 2.21. The van der Waals surface area contributed by atoms with E-state index in [1.54, 1.807) is 0 Å². The molecule has 0 spiro atoms. The first-order chi connectivity index (χ1) is 7.99. The molecule has 0 amide bonds. The number of aryl methyl sites for hydroxylation is 3. The summed E-state index contributed by atoms with van der Waals surface area (Å²) in [6.45, 7) is 8.53. The van der Waals surface area contributed by atoms with Gasteiger partial charge in [-0.2, -0.15) is 5.10 Å². The maximum absolute atomic E-state index is 5.71. The third-order valence-electron chi connectivity index (χ3n) is 3.20. The lowest BCUT2D eigenvalue weighted by atomic mass is 9.88. The van der Waals surface area contributed by atoms with Crippen molar-refractivity contribution in [2.75, 3.05) is 0 Å². The highest BCUT2D eigenvalue weighted by Crippen LogP contribution is 2.24. The first-order valence-electron chi connectivity index (χ1n) is 5.97. The molecular weight excluding hydrogens is 210 g/mol. The summed E-state index contributed by atoms with van der Waals surface area (Å²) in [5, 5.41) is 8.32. The van der Waals surface area contributed by atoms with Crippen LogP contribution in [0.1, 0.15) is 35.6 Å². The third-order valence-corrected chi connectivity index (χ3v) is 3.20. The molecule has 1 aliphatic heterocycles. The molecule has 2 N–H and O–H groups in total. The molecule has 1 unspecified atom stereocenters. The zero-order valence-electron chi connectivity index (χ0n) is 10.9. The van der Waals surface area contributed by atoms with Crippen LogP contribution in [0.3, 0.4) is 0 Å². The van der Waals surface area contributed by atoms with Gasteiger partial charge in [-0.1, -0.05) is 24.6 Å². The van der Waals surface area contributed by atoms with E-state index in [9.17, 15) is 0 Å². The summed E-state index contributed by atoms with van der Waals surface area (Å²) in [4.78, 5) is 0. The number of rotatable bonds is 1. The monoisotopic (exact) mass is 229 g/mol. The standard InChI is InChI=1S/C14H19N3/c1-8-5-9(2)13(10(3)6-8)14-11(4)7-12(15)16-17-14/h5-6,11H,7H2,1-4H3,(H2,15,16). The van der Waals surface area contributed by atoms with E-state index in [0.717, 1.165) is 12.1 Å². The quantitative estimate of drug-likeness (QED) is 0.791. The molecule has 1 aromatic carbocycles. The Kier molecular flexibility index (Phi) is 3.01. The molecule has 90 valence electrons. The molecule has 3 nitrogen and oxygen atoms in total. The van der Waals surface area contributed by atoms with Crippen molar-refractivity contribution in [3.63, 3.8) is 0 Å². The molecule has 0 aliphatic carbocycles. The largest absolute Gasteiger partial charge is 0.386 e. The van der Waals surface area contributed by atoms with E-state index in [1.807, 2.05) is 0 Å². The van der Waals surface area contributed by atoms with Crippen LogP contribution in [0, 0.1) is 26.7 Å². The second kappa shape index (κ2) is 4.32. The summed E-state index contributed by atoms with van der Waals surface area (Å²) in [6.07, 6.45) is 0.797. The van der Waals surface area contributed by atoms with Crippen molar-refractivity contribution in [2.45, 2.75) is 34.1 Å². The van der Waals surface area contributed by atoms with Gasteiger partial charge in [-0.05, 0) is 31.9 Å². The Bertz CT molecular complexity index is 489. The lowest BCUT2D eigenvalue weighted by Gasteiger charge is -2.20. The highest BCUT2D eigenvalue weighted by atomic mass is 15.2. The van der Waals surface area contributed by atoms with Crippen LogP contribution in [-0.2, 0) is 0 Å². The average molecular weight is 229 g/mol. The van der Waals surface area contributed by atoms with Gasteiger partial charge in [-0.3, -0.25) is 0 Å². The molecule has 1 atom stereocenters. The Labute approximate surface area is 102 Å². The second-order valence-corrected chi connectivity index (χ2v) is 4.96. The van der Waals surface area contributed by atoms with E-state index >= 15 is 0 Å². The number of amidine groups is 1. The van der Waals surface area contributed by atoms with E-state index in [4.69, 9.17) is 5.73 Å². The molecule has 0 bridgehead atoms. The van der Waals surface area contributed by atoms with Crippen molar-refractivity contribution in [3.8, 4) is 0 Å². The Morgan fingerprint density at radius 3 is 2.24 bits per heavy atom. The van der Waals surface area contributed by atoms with Gasteiger partial charge in [0.15, 0.2) is 0 Å². The van der Waals surface area contributed by atoms with Crippen molar-refractivity contribution in [1.82, 2.24) is 0 Å². The first-order valence-corrected chi connectivity index (χ1v) is 5.97. The fraction of sp³-hybridized carbons (Fsp3) is 0.429. The molecule has 1 aromatic rings. The van der Waals surface area contributed by atoms with E-state index in [-0.39, 0.29) is 0 Å². The molecule has 0 fully saturated rings. The van der Waals surface area contributed by atoms with Crippen molar-refractivity contribution in [2.24, 2.45) is 21.9 Å². The van der Waals surface area contributed by atoms with Gasteiger partial charge >= 0.3 is 0 Å². The fourth-order valence-corrected chi connectivity index (χ4v) is 2.55. The molecule has 0 aromatic heterocycles. The molecule has 17 heavy (non-hydrogen) atoms. The average Bonchev–Trinajstić information content (AvgIpc) is 2.19. The zero-order valence-corrected chi connectivity index (χ0v) is 10.9. The van der Waals surface area contributed by atoms with E-state index in [1.165, 1.54) is 22.3 Å². The fourth-order valence-electron chi connectivity index (χ4n) is 2.55. The lowest BCUT2D eigenvalue weighted by Crippen LogP contribution is -2.26. The van der Waals surface area contributed by atoms with Crippen molar-refractivity contribution < 1.29 is 0 Å². The van der Waals surface area contributed by atoms with Crippen molar-refractivity contribution in [3.05, 3.63) is 34.4 Å². The van der Waals surface area contributed by atoms with Gasteiger partial charge in [-0.15, -0.1) is 5.10 Å². The van der Waals surface area contributed by atoms with E-state index < -0.39 is 0 Å². The minimum atomic E-state index is 0.340. The van der Waals surface area contributed by atoms with Crippen LogP contribution in [0.2, 0.25) is 0 Å². The van der Waals surface area contributed by atoms with Crippen LogP contribution in [0.25, 0.3) is 0 Å². The smallest absolute Gasteiger partial charge is 0.123 e. The lowest BCUT2D eigenvalue weighted by molar-refractivity contribution is 0.782. The first kappa shape index (κ1) is 11.8. The maximum atomic E-state index is 5.71. The van der Waals surface area contributed by atoms with Gasteiger partial charge in [0.05, 0.1) is 5.71 Å². The minimum Gasteiger partial charge on any atom is -0.386 e.